The van der Waals surface area contributed by atoms with Crippen LogP contribution in [-0.4, -0.2) is 71.2 Å². The summed E-state index contributed by atoms with van der Waals surface area (Å²) in [5.41, 5.74) is 1.96. The first-order chi connectivity index (χ1) is 13.6. The van der Waals surface area contributed by atoms with Gasteiger partial charge in [0.25, 0.3) is 0 Å². The molecule has 28 heavy (non-hydrogen) atoms. The zero-order valence-corrected chi connectivity index (χ0v) is 16.0. The van der Waals surface area contributed by atoms with Gasteiger partial charge in [-0.05, 0) is 36.9 Å². The van der Waals surface area contributed by atoms with Crippen LogP contribution in [0.4, 0.5) is 4.39 Å². The summed E-state index contributed by atoms with van der Waals surface area (Å²) in [7, 11) is 1.95. The molecule has 2 aromatic rings. The predicted octanol–water partition coefficient (Wildman–Crippen LogP) is 0.974. The smallest absolute Gasteiger partial charge is 0.123 e. The molecule has 152 valence electrons. The SMILES string of the molecule is CN(CCc1ccccn1)[C@@H]1[C@H](O)[C@H](CO)O[C@@H]1CNCc1ccc(F)cc1. The monoisotopic (exact) mass is 389 g/mol. The van der Waals surface area contributed by atoms with Gasteiger partial charge in [-0.1, -0.05) is 18.2 Å². The minimum atomic E-state index is -0.767. The van der Waals surface area contributed by atoms with Gasteiger partial charge in [-0.25, -0.2) is 4.39 Å². The highest BCUT2D eigenvalue weighted by molar-refractivity contribution is 5.15. The van der Waals surface area contributed by atoms with Crippen molar-refractivity contribution in [3.05, 3.63) is 65.7 Å². The van der Waals surface area contributed by atoms with Crippen molar-refractivity contribution in [1.29, 1.82) is 0 Å². The van der Waals surface area contributed by atoms with Crippen LogP contribution in [0.25, 0.3) is 0 Å². The third-order valence-corrected chi connectivity index (χ3v) is 5.18. The molecule has 1 saturated heterocycles. The molecule has 0 amide bonds. The van der Waals surface area contributed by atoms with Crippen LogP contribution in [0.5, 0.6) is 0 Å². The molecule has 3 N–H and O–H groups in total. The number of likely N-dealkylation sites (N-methyl/N-ethyl adjacent to an activating group) is 1. The molecular weight excluding hydrogens is 361 g/mol. The van der Waals surface area contributed by atoms with Crippen molar-refractivity contribution in [3.63, 3.8) is 0 Å². The van der Waals surface area contributed by atoms with E-state index in [-0.39, 0.29) is 24.6 Å². The van der Waals surface area contributed by atoms with Gasteiger partial charge in [-0.2, -0.15) is 0 Å². The third-order valence-electron chi connectivity index (χ3n) is 5.18. The second kappa shape index (κ2) is 10.0. The normalized spacial score (nSPS) is 24.8. The minimum Gasteiger partial charge on any atom is -0.394 e. The topological polar surface area (TPSA) is 77.9 Å². The van der Waals surface area contributed by atoms with Gasteiger partial charge in [-0.15, -0.1) is 0 Å². The lowest BCUT2D eigenvalue weighted by Gasteiger charge is -2.30. The van der Waals surface area contributed by atoms with E-state index in [9.17, 15) is 14.6 Å². The molecule has 4 atom stereocenters. The first-order valence-electron chi connectivity index (χ1n) is 9.58. The molecule has 0 unspecified atom stereocenters. The Hall–Kier alpha value is -1.90. The fourth-order valence-corrected chi connectivity index (χ4v) is 3.64. The Morgan fingerprint density at radius 2 is 1.96 bits per heavy atom. The lowest BCUT2D eigenvalue weighted by atomic mass is 10.0. The van der Waals surface area contributed by atoms with Gasteiger partial charge >= 0.3 is 0 Å². The average molecular weight is 389 g/mol. The summed E-state index contributed by atoms with van der Waals surface area (Å²) in [6.07, 6.45) is 0.907. The molecule has 1 aliphatic heterocycles. The first kappa shape index (κ1) is 20.8. The molecule has 3 rings (SSSR count). The summed E-state index contributed by atoms with van der Waals surface area (Å²) in [6, 6.07) is 11.9. The molecule has 6 nitrogen and oxygen atoms in total. The van der Waals surface area contributed by atoms with Crippen LogP contribution in [-0.2, 0) is 17.7 Å². The minimum absolute atomic E-state index is 0.222. The molecule has 0 aliphatic carbocycles. The molecule has 0 radical (unpaired) electrons. The van der Waals surface area contributed by atoms with E-state index in [1.165, 1.54) is 12.1 Å². The Labute approximate surface area is 165 Å². The van der Waals surface area contributed by atoms with Gasteiger partial charge in [0, 0.05) is 37.9 Å². The maximum atomic E-state index is 13.0. The van der Waals surface area contributed by atoms with Crippen LogP contribution in [0.2, 0.25) is 0 Å². The van der Waals surface area contributed by atoms with Crippen molar-refractivity contribution in [2.45, 2.75) is 37.3 Å². The van der Waals surface area contributed by atoms with Gasteiger partial charge in [0.1, 0.15) is 18.0 Å². The Kier molecular flexibility index (Phi) is 7.47. The summed E-state index contributed by atoms with van der Waals surface area (Å²) in [5.74, 6) is -0.258. The molecule has 1 aliphatic rings. The highest BCUT2D eigenvalue weighted by atomic mass is 19.1. The van der Waals surface area contributed by atoms with Gasteiger partial charge in [-0.3, -0.25) is 9.88 Å². The molecule has 1 aromatic carbocycles. The number of hydrogen-bond acceptors (Lipinski definition) is 6. The molecule has 1 fully saturated rings. The highest BCUT2D eigenvalue weighted by Gasteiger charge is 2.44. The second-order valence-corrected chi connectivity index (χ2v) is 7.19. The lowest BCUT2D eigenvalue weighted by Crippen LogP contribution is -2.49. The zero-order valence-electron chi connectivity index (χ0n) is 16.0. The molecule has 0 bridgehead atoms. The van der Waals surface area contributed by atoms with Crippen molar-refractivity contribution < 1.29 is 19.3 Å². The molecule has 1 aromatic heterocycles. The standard InChI is InChI=1S/C21H28FN3O3/c1-25(11-9-17-4-2-3-10-24-17)20-18(28-19(14-26)21(20)27)13-23-12-15-5-7-16(22)8-6-15/h2-8,10,18-21,23,26-27H,9,11-14H2,1H3/t18-,19+,20+,21-/m1/s1. The third kappa shape index (κ3) is 5.33. The summed E-state index contributed by atoms with van der Waals surface area (Å²) in [5, 5.41) is 23.5. The fourth-order valence-electron chi connectivity index (χ4n) is 3.64. The number of ether oxygens (including phenoxy) is 1. The second-order valence-electron chi connectivity index (χ2n) is 7.19. The average Bonchev–Trinajstić information content (AvgIpc) is 3.04. The van der Waals surface area contributed by atoms with Crippen molar-refractivity contribution in [3.8, 4) is 0 Å². The van der Waals surface area contributed by atoms with E-state index in [1.54, 1.807) is 18.3 Å². The van der Waals surface area contributed by atoms with E-state index in [1.807, 2.05) is 25.2 Å². The Morgan fingerprint density at radius 1 is 1.18 bits per heavy atom. The van der Waals surface area contributed by atoms with E-state index < -0.39 is 12.2 Å². The molecular formula is C21H28FN3O3. The summed E-state index contributed by atoms with van der Waals surface area (Å²) in [6.45, 7) is 1.59. The van der Waals surface area contributed by atoms with Gasteiger partial charge in [0.15, 0.2) is 0 Å². The maximum Gasteiger partial charge on any atom is 0.123 e. The summed E-state index contributed by atoms with van der Waals surface area (Å²) < 4.78 is 18.9. The zero-order chi connectivity index (χ0) is 19.9. The number of aliphatic hydroxyl groups excluding tert-OH is 2. The number of halogens is 1. The predicted molar refractivity (Wildman–Crippen MR) is 104 cm³/mol. The van der Waals surface area contributed by atoms with Crippen LogP contribution in [0.3, 0.4) is 0 Å². The van der Waals surface area contributed by atoms with Crippen molar-refractivity contribution in [1.82, 2.24) is 15.2 Å². The summed E-state index contributed by atoms with van der Waals surface area (Å²) in [4.78, 5) is 6.41. The van der Waals surface area contributed by atoms with Gasteiger partial charge < -0.3 is 20.3 Å². The number of benzene rings is 1. The highest BCUT2D eigenvalue weighted by Crippen LogP contribution is 2.25. The van der Waals surface area contributed by atoms with E-state index in [0.717, 1.165) is 17.7 Å². The number of aromatic nitrogens is 1. The maximum absolute atomic E-state index is 13.0. The van der Waals surface area contributed by atoms with E-state index >= 15 is 0 Å². The number of nitrogens with zero attached hydrogens (tertiary/aromatic N) is 2. The number of pyridine rings is 1. The number of aliphatic hydroxyl groups is 2. The molecule has 7 heteroatoms. The largest absolute Gasteiger partial charge is 0.394 e. The Morgan fingerprint density at radius 3 is 2.64 bits per heavy atom. The molecule has 2 heterocycles. The van der Waals surface area contributed by atoms with Crippen LogP contribution in [0, 0.1) is 5.82 Å². The van der Waals surface area contributed by atoms with E-state index in [0.29, 0.717) is 19.6 Å². The molecule has 0 spiro atoms. The van der Waals surface area contributed by atoms with Gasteiger partial charge in [0.05, 0.1) is 18.8 Å². The van der Waals surface area contributed by atoms with Crippen LogP contribution >= 0.6 is 0 Å². The Balaban J connectivity index is 1.56. The fraction of sp³-hybridized carbons (Fsp3) is 0.476. The quantitative estimate of drug-likeness (QED) is 0.593. The molecule has 0 saturated carbocycles. The van der Waals surface area contributed by atoms with Crippen LogP contribution < -0.4 is 5.32 Å². The van der Waals surface area contributed by atoms with Crippen molar-refractivity contribution >= 4 is 0 Å². The first-order valence-corrected chi connectivity index (χ1v) is 9.58. The van der Waals surface area contributed by atoms with Crippen LogP contribution in [0.15, 0.2) is 48.7 Å². The lowest BCUT2D eigenvalue weighted by molar-refractivity contribution is -0.0213. The van der Waals surface area contributed by atoms with E-state index in [2.05, 4.69) is 15.2 Å². The number of hydrogen-bond donors (Lipinski definition) is 3. The van der Waals surface area contributed by atoms with Crippen molar-refractivity contribution in [2.75, 3.05) is 26.7 Å². The van der Waals surface area contributed by atoms with Gasteiger partial charge in [0.2, 0.25) is 0 Å². The summed E-state index contributed by atoms with van der Waals surface area (Å²) >= 11 is 0. The Bertz CT molecular complexity index is 717. The van der Waals surface area contributed by atoms with Crippen LogP contribution in [0.1, 0.15) is 11.3 Å². The number of rotatable bonds is 9. The van der Waals surface area contributed by atoms with Crippen molar-refractivity contribution in [2.24, 2.45) is 0 Å². The number of nitrogens with one attached hydrogen (secondary N) is 1. The van der Waals surface area contributed by atoms with E-state index in [4.69, 9.17) is 4.74 Å².